The van der Waals surface area contributed by atoms with Gasteiger partial charge in [-0.1, -0.05) is 18.8 Å². The summed E-state index contributed by atoms with van der Waals surface area (Å²) in [6, 6.07) is 0. The van der Waals surface area contributed by atoms with Gasteiger partial charge >= 0.3 is 5.97 Å². The van der Waals surface area contributed by atoms with Crippen molar-refractivity contribution in [3.8, 4) is 11.8 Å². The molecule has 0 aromatic heterocycles. The van der Waals surface area contributed by atoms with Crippen LogP contribution in [0.2, 0.25) is 0 Å². The van der Waals surface area contributed by atoms with Crippen LogP contribution in [0.4, 0.5) is 0 Å². The second-order valence-electron chi connectivity index (χ2n) is 2.28. The monoisotopic (exact) mass is 172 g/mol. The minimum atomic E-state index is -1.19. The average molecular weight is 172 g/mol. The number of carboxylic acids is 1. The third kappa shape index (κ3) is 3.37. The van der Waals surface area contributed by atoms with Crippen LogP contribution in [0.1, 0.15) is 13.3 Å². The Bertz CT molecular complexity index is 201. The molecule has 0 bridgehead atoms. The van der Waals surface area contributed by atoms with E-state index in [1.165, 1.54) is 0 Å². The molecule has 4 heteroatoms. The minimum absolute atomic E-state index is 0.316. The first-order chi connectivity index (χ1) is 5.63. The standard InChI is InChI=1S/C8H12O4/c1-2-6(8(11)12)7(10)4-3-5-9/h6-7,9-10H,2,5H2,1H3,(H,11,12). The van der Waals surface area contributed by atoms with E-state index in [4.69, 9.17) is 15.3 Å². The van der Waals surface area contributed by atoms with Crippen molar-refractivity contribution in [2.75, 3.05) is 6.61 Å². The maximum atomic E-state index is 10.4. The van der Waals surface area contributed by atoms with E-state index in [1.54, 1.807) is 6.92 Å². The van der Waals surface area contributed by atoms with Gasteiger partial charge in [-0.25, -0.2) is 0 Å². The highest BCUT2D eigenvalue weighted by Crippen LogP contribution is 2.07. The van der Waals surface area contributed by atoms with Crippen LogP contribution in [0.25, 0.3) is 0 Å². The molecule has 0 saturated heterocycles. The van der Waals surface area contributed by atoms with E-state index in [9.17, 15) is 4.79 Å². The van der Waals surface area contributed by atoms with Crippen molar-refractivity contribution in [2.45, 2.75) is 19.4 Å². The van der Waals surface area contributed by atoms with Gasteiger partial charge in [-0.05, 0) is 6.42 Å². The Morgan fingerprint density at radius 3 is 2.50 bits per heavy atom. The van der Waals surface area contributed by atoms with Gasteiger partial charge in [0, 0.05) is 0 Å². The third-order valence-corrected chi connectivity index (χ3v) is 1.47. The van der Waals surface area contributed by atoms with Gasteiger partial charge in [0.15, 0.2) is 0 Å². The quantitative estimate of drug-likeness (QED) is 0.499. The number of aliphatic hydroxyl groups excluding tert-OH is 2. The first-order valence-corrected chi connectivity index (χ1v) is 3.63. The summed E-state index contributed by atoms with van der Waals surface area (Å²) >= 11 is 0. The summed E-state index contributed by atoms with van der Waals surface area (Å²) in [4.78, 5) is 10.4. The molecule has 2 unspecified atom stereocenters. The van der Waals surface area contributed by atoms with Crippen molar-refractivity contribution in [2.24, 2.45) is 5.92 Å². The van der Waals surface area contributed by atoms with Crippen LogP contribution >= 0.6 is 0 Å². The average Bonchev–Trinajstić information content (AvgIpc) is 2.01. The number of carbonyl (C=O) groups is 1. The van der Waals surface area contributed by atoms with E-state index >= 15 is 0 Å². The zero-order valence-corrected chi connectivity index (χ0v) is 6.82. The summed E-state index contributed by atoms with van der Waals surface area (Å²) in [5.41, 5.74) is 0. The molecule has 0 saturated carbocycles. The van der Waals surface area contributed by atoms with Crippen LogP contribution in [0, 0.1) is 17.8 Å². The largest absolute Gasteiger partial charge is 0.481 e. The normalized spacial score (nSPS) is 14.2. The number of hydrogen-bond donors (Lipinski definition) is 3. The van der Waals surface area contributed by atoms with Crippen molar-refractivity contribution in [1.82, 2.24) is 0 Å². The fraction of sp³-hybridized carbons (Fsp3) is 0.625. The molecule has 0 aliphatic heterocycles. The summed E-state index contributed by atoms with van der Waals surface area (Å²) < 4.78 is 0. The molecule has 3 N–H and O–H groups in total. The lowest BCUT2D eigenvalue weighted by Gasteiger charge is -2.10. The highest BCUT2D eigenvalue weighted by molar-refractivity contribution is 5.71. The molecule has 0 amide bonds. The second kappa shape index (κ2) is 5.58. The zero-order chi connectivity index (χ0) is 9.56. The van der Waals surface area contributed by atoms with Crippen molar-refractivity contribution < 1.29 is 20.1 Å². The number of aliphatic carboxylic acids is 1. The lowest BCUT2D eigenvalue weighted by atomic mass is 10.0. The Morgan fingerprint density at radius 2 is 2.17 bits per heavy atom. The first-order valence-electron chi connectivity index (χ1n) is 3.63. The SMILES string of the molecule is CCC(C(=O)O)C(O)C#CCO. The molecular formula is C8H12O4. The van der Waals surface area contributed by atoms with Crippen LogP contribution in [0.5, 0.6) is 0 Å². The van der Waals surface area contributed by atoms with Crippen LogP contribution in [-0.4, -0.2) is 34.0 Å². The van der Waals surface area contributed by atoms with E-state index in [0.29, 0.717) is 6.42 Å². The van der Waals surface area contributed by atoms with Crippen LogP contribution in [0.15, 0.2) is 0 Å². The van der Waals surface area contributed by atoms with Crippen molar-refractivity contribution in [1.29, 1.82) is 0 Å². The van der Waals surface area contributed by atoms with Gasteiger partial charge < -0.3 is 15.3 Å². The fourth-order valence-electron chi connectivity index (χ4n) is 0.784. The van der Waals surface area contributed by atoms with Gasteiger partial charge in [-0.2, -0.15) is 0 Å². The van der Waals surface area contributed by atoms with E-state index in [1.807, 2.05) is 0 Å². The highest BCUT2D eigenvalue weighted by Gasteiger charge is 2.22. The van der Waals surface area contributed by atoms with E-state index in [2.05, 4.69) is 11.8 Å². The van der Waals surface area contributed by atoms with Crippen LogP contribution in [-0.2, 0) is 4.79 Å². The van der Waals surface area contributed by atoms with Crippen molar-refractivity contribution >= 4 is 5.97 Å². The summed E-state index contributed by atoms with van der Waals surface area (Å²) in [5.74, 6) is 2.51. The molecule has 0 heterocycles. The Kier molecular flexibility index (Phi) is 5.09. The predicted molar refractivity (Wildman–Crippen MR) is 42.3 cm³/mol. The Hall–Kier alpha value is -1.05. The number of aliphatic hydroxyl groups is 2. The molecule has 0 aromatic carbocycles. The first kappa shape index (κ1) is 11.0. The summed E-state index contributed by atoms with van der Waals surface area (Å²) in [5, 5.41) is 26.0. The van der Waals surface area contributed by atoms with Gasteiger partial charge in [0.25, 0.3) is 0 Å². The summed E-state index contributed by atoms with van der Waals surface area (Å²) in [6.07, 6.45) is -0.879. The fourth-order valence-corrected chi connectivity index (χ4v) is 0.784. The van der Waals surface area contributed by atoms with Gasteiger partial charge in [0.2, 0.25) is 0 Å². The Balaban J connectivity index is 4.21. The highest BCUT2D eigenvalue weighted by atomic mass is 16.4. The molecule has 0 radical (unpaired) electrons. The molecule has 0 fully saturated rings. The van der Waals surface area contributed by atoms with Crippen molar-refractivity contribution in [3.05, 3.63) is 0 Å². The lowest BCUT2D eigenvalue weighted by Crippen LogP contribution is -2.26. The Labute approximate surface area is 70.8 Å². The third-order valence-electron chi connectivity index (χ3n) is 1.47. The molecule has 0 spiro atoms. The molecular weight excluding hydrogens is 160 g/mol. The molecule has 0 aliphatic rings. The lowest BCUT2D eigenvalue weighted by molar-refractivity contribution is -0.144. The van der Waals surface area contributed by atoms with Crippen LogP contribution in [0.3, 0.4) is 0 Å². The Morgan fingerprint density at radius 1 is 1.58 bits per heavy atom. The maximum Gasteiger partial charge on any atom is 0.310 e. The molecule has 12 heavy (non-hydrogen) atoms. The summed E-state index contributed by atoms with van der Waals surface area (Å²) in [7, 11) is 0. The molecule has 0 rings (SSSR count). The molecule has 0 aliphatic carbocycles. The summed E-state index contributed by atoms with van der Waals surface area (Å²) in [6.45, 7) is 1.29. The molecule has 2 atom stereocenters. The van der Waals surface area contributed by atoms with Crippen LogP contribution < -0.4 is 0 Å². The number of hydrogen-bond acceptors (Lipinski definition) is 3. The maximum absolute atomic E-state index is 10.4. The molecule has 0 aromatic rings. The van der Waals surface area contributed by atoms with E-state index < -0.39 is 18.0 Å². The number of carboxylic acid groups (broad SMARTS) is 1. The predicted octanol–water partition coefficient (Wildman–Crippen LogP) is -0.546. The zero-order valence-electron chi connectivity index (χ0n) is 6.82. The second-order valence-corrected chi connectivity index (χ2v) is 2.28. The number of rotatable bonds is 3. The topological polar surface area (TPSA) is 77.8 Å². The molecule has 68 valence electrons. The van der Waals surface area contributed by atoms with Gasteiger partial charge in [0.05, 0.1) is 5.92 Å². The minimum Gasteiger partial charge on any atom is -0.481 e. The van der Waals surface area contributed by atoms with Gasteiger partial charge in [-0.15, -0.1) is 0 Å². The van der Waals surface area contributed by atoms with Gasteiger partial charge in [0.1, 0.15) is 12.7 Å². The molecule has 4 nitrogen and oxygen atoms in total. The van der Waals surface area contributed by atoms with E-state index in [-0.39, 0.29) is 6.61 Å². The van der Waals surface area contributed by atoms with E-state index in [0.717, 1.165) is 0 Å². The van der Waals surface area contributed by atoms with Crippen molar-refractivity contribution in [3.63, 3.8) is 0 Å². The van der Waals surface area contributed by atoms with Gasteiger partial charge in [-0.3, -0.25) is 4.79 Å². The smallest absolute Gasteiger partial charge is 0.310 e.